The van der Waals surface area contributed by atoms with Gasteiger partial charge in [-0.1, -0.05) is 11.6 Å². The summed E-state index contributed by atoms with van der Waals surface area (Å²) in [5.41, 5.74) is 0.816. The van der Waals surface area contributed by atoms with Crippen molar-refractivity contribution in [3.63, 3.8) is 0 Å². The van der Waals surface area contributed by atoms with Crippen molar-refractivity contribution in [2.75, 3.05) is 7.11 Å². The summed E-state index contributed by atoms with van der Waals surface area (Å²) < 4.78 is 33.7. The average molecular weight is 463 g/mol. The molecule has 2 aliphatic rings. The fourth-order valence-electron chi connectivity index (χ4n) is 4.06. The summed E-state index contributed by atoms with van der Waals surface area (Å²) in [5, 5.41) is 15.5. The highest BCUT2D eigenvalue weighted by molar-refractivity contribution is 7.92. The van der Waals surface area contributed by atoms with E-state index < -0.39 is 32.6 Å². The fourth-order valence-corrected chi connectivity index (χ4v) is 6.41. The minimum Gasteiger partial charge on any atom is -0.381 e. The fraction of sp³-hybridized carbons (Fsp3) is 0.476. The van der Waals surface area contributed by atoms with E-state index in [4.69, 9.17) is 16.3 Å². The number of nitrogens with one attached hydrogen (secondary N) is 1. The maximum atomic E-state index is 13.3. The molecular formula is C21H23ClN4O4S. The number of sulfone groups is 1. The summed E-state index contributed by atoms with van der Waals surface area (Å²) in [6.45, 7) is 1.91. The number of hydrogen-bond acceptors (Lipinski definition) is 6. The quantitative estimate of drug-likeness (QED) is 0.705. The maximum Gasteiger partial charge on any atom is 0.227 e. The van der Waals surface area contributed by atoms with E-state index in [0.717, 1.165) is 5.56 Å². The Hall–Kier alpha value is -2.41. The number of amides is 1. The number of nitrogens with zero attached hydrogens (tertiary/aromatic N) is 3. The number of hydrogen-bond donors (Lipinski definition) is 1. The standard InChI is InChI=1S/C21H23ClN4O4S/c1-13-10-24-26(11-13)14-3-4-19(17(22)7-14)31(28,29)15-8-16(18(9-15)30-2)20(27)25-21(12-23)5-6-21/h3-4,7,10-11,15-16,18H,5-6,8-9H2,1-2H3,(H,25,27)/t15-,16+,18+/m1/s1. The van der Waals surface area contributed by atoms with E-state index in [-0.39, 0.29) is 28.7 Å². The second kappa shape index (κ2) is 7.93. The number of carbonyl (C=O) groups excluding carboxylic acids is 1. The number of carbonyl (C=O) groups is 1. The first kappa shape index (κ1) is 21.8. The molecule has 0 radical (unpaired) electrons. The SMILES string of the molecule is CO[C@H]1C[C@H](S(=O)(=O)c2ccc(-n3cc(C)cn3)cc2Cl)C[C@@H]1C(=O)NC1(C#N)CC1. The Labute approximate surface area is 186 Å². The number of benzene rings is 1. The van der Waals surface area contributed by atoms with Gasteiger partial charge in [0.1, 0.15) is 5.54 Å². The molecule has 0 bridgehead atoms. The highest BCUT2D eigenvalue weighted by Crippen LogP contribution is 2.40. The van der Waals surface area contributed by atoms with Crippen LogP contribution >= 0.6 is 11.6 Å². The van der Waals surface area contributed by atoms with Crippen LogP contribution in [0, 0.1) is 24.2 Å². The molecule has 4 rings (SSSR count). The topological polar surface area (TPSA) is 114 Å². The molecule has 2 fully saturated rings. The van der Waals surface area contributed by atoms with Crippen LogP contribution < -0.4 is 5.32 Å². The average Bonchev–Trinajstić information content (AvgIpc) is 3.15. The van der Waals surface area contributed by atoms with Crippen LogP contribution in [0.3, 0.4) is 0 Å². The van der Waals surface area contributed by atoms with Crippen molar-refractivity contribution in [3.8, 4) is 11.8 Å². The van der Waals surface area contributed by atoms with Gasteiger partial charge in [-0.15, -0.1) is 0 Å². The lowest BCUT2D eigenvalue weighted by Crippen LogP contribution is -2.42. The maximum absolute atomic E-state index is 13.3. The molecule has 2 aromatic rings. The van der Waals surface area contributed by atoms with Crippen molar-refractivity contribution in [2.24, 2.45) is 5.92 Å². The third-order valence-corrected chi connectivity index (χ3v) is 8.72. The molecule has 1 N–H and O–H groups in total. The predicted octanol–water partition coefficient (Wildman–Crippen LogP) is 2.57. The van der Waals surface area contributed by atoms with Gasteiger partial charge in [-0.05, 0) is 56.4 Å². The number of halogens is 1. The Kier molecular flexibility index (Phi) is 5.58. The molecule has 164 valence electrons. The van der Waals surface area contributed by atoms with Gasteiger partial charge in [0, 0.05) is 13.3 Å². The molecular weight excluding hydrogens is 440 g/mol. The molecule has 0 unspecified atom stereocenters. The molecule has 2 saturated carbocycles. The Morgan fingerprint density at radius 2 is 2.13 bits per heavy atom. The predicted molar refractivity (Wildman–Crippen MR) is 114 cm³/mol. The molecule has 8 nitrogen and oxygen atoms in total. The molecule has 1 amide bonds. The Bertz CT molecular complexity index is 1170. The summed E-state index contributed by atoms with van der Waals surface area (Å²) in [7, 11) is -2.33. The highest BCUT2D eigenvalue weighted by atomic mass is 35.5. The van der Waals surface area contributed by atoms with Gasteiger partial charge in [-0.2, -0.15) is 10.4 Å². The normalized spacial score (nSPS) is 24.5. The molecule has 10 heteroatoms. The third-order valence-electron chi connectivity index (χ3n) is 6.06. The van der Waals surface area contributed by atoms with Gasteiger partial charge < -0.3 is 10.1 Å². The third kappa shape index (κ3) is 4.07. The van der Waals surface area contributed by atoms with Crippen LogP contribution in [0.1, 0.15) is 31.2 Å². The van der Waals surface area contributed by atoms with Crippen LogP contribution in [0.4, 0.5) is 0 Å². The van der Waals surface area contributed by atoms with Crippen LogP contribution in [0.2, 0.25) is 5.02 Å². The molecule has 0 spiro atoms. The first-order chi connectivity index (χ1) is 14.7. The van der Waals surface area contributed by atoms with Gasteiger partial charge in [0.05, 0.1) is 45.1 Å². The summed E-state index contributed by atoms with van der Waals surface area (Å²) in [5.74, 6) is -0.972. The minimum atomic E-state index is -3.79. The highest BCUT2D eigenvalue weighted by Gasteiger charge is 2.50. The number of aryl methyl sites for hydroxylation is 1. The summed E-state index contributed by atoms with van der Waals surface area (Å²) in [6.07, 6.45) is 4.50. The monoisotopic (exact) mass is 462 g/mol. The summed E-state index contributed by atoms with van der Waals surface area (Å²) >= 11 is 6.37. The Morgan fingerprint density at radius 1 is 1.39 bits per heavy atom. The largest absolute Gasteiger partial charge is 0.381 e. The Morgan fingerprint density at radius 3 is 2.68 bits per heavy atom. The molecule has 1 heterocycles. The van der Waals surface area contributed by atoms with E-state index in [9.17, 15) is 18.5 Å². The molecule has 3 atom stereocenters. The smallest absolute Gasteiger partial charge is 0.227 e. The van der Waals surface area contributed by atoms with E-state index in [2.05, 4.69) is 16.5 Å². The second-order valence-electron chi connectivity index (χ2n) is 8.28. The van der Waals surface area contributed by atoms with Crippen molar-refractivity contribution < 1.29 is 17.9 Å². The van der Waals surface area contributed by atoms with E-state index in [1.54, 1.807) is 23.0 Å². The van der Waals surface area contributed by atoms with Crippen molar-refractivity contribution >= 4 is 27.3 Å². The lowest BCUT2D eigenvalue weighted by atomic mass is 10.0. The van der Waals surface area contributed by atoms with E-state index in [1.165, 1.54) is 13.2 Å². The summed E-state index contributed by atoms with van der Waals surface area (Å²) in [6, 6.07) is 6.82. The molecule has 1 aromatic heterocycles. The number of methoxy groups -OCH3 is 1. The number of aromatic nitrogens is 2. The van der Waals surface area contributed by atoms with Crippen molar-refractivity contribution in [2.45, 2.75) is 54.4 Å². The van der Waals surface area contributed by atoms with E-state index in [1.807, 2.05) is 13.1 Å². The molecule has 31 heavy (non-hydrogen) atoms. The van der Waals surface area contributed by atoms with Gasteiger partial charge in [0.25, 0.3) is 0 Å². The molecule has 0 aliphatic heterocycles. The van der Waals surface area contributed by atoms with E-state index >= 15 is 0 Å². The van der Waals surface area contributed by atoms with Gasteiger partial charge >= 0.3 is 0 Å². The number of rotatable bonds is 6. The van der Waals surface area contributed by atoms with Crippen LogP contribution in [0.5, 0.6) is 0 Å². The van der Waals surface area contributed by atoms with Crippen molar-refractivity contribution in [1.29, 1.82) is 5.26 Å². The zero-order valence-electron chi connectivity index (χ0n) is 17.2. The van der Waals surface area contributed by atoms with Crippen molar-refractivity contribution in [1.82, 2.24) is 15.1 Å². The summed E-state index contributed by atoms with van der Waals surface area (Å²) in [4.78, 5) is 12.8. The zero-order chi connectivity index (χ0) is 22.4. The molecule has 0 saturated heterocycles. The minimum absolute atomic E-state index is 0.0263. The van der Waals surface area contributed by atoms with Crippen molar-refractivity contribution in [3.05, 3.63) is 41.2 Å². The van der Waals surface area contributed by atoms with Crippen LogP contribution in [0.25, 0.3) is 5.69 Å². The second-order valence-corrected chi connectivity index (χ2v) is 10.9. The number of ether oxygens (including phenoxy) is 1. The van der Waals surface area contributed by atoms with Crippen LogP contribution in [-0.2, 0) is 19.4 Å². The van der Waals surface area contributed by atoms with Gasteiger partial charge in [0.15, 0.2) is 9.84 Å². The van der Waals surface area contributed by atoms with Crippen LogP contribution in [-0.4, -0.2) is 48.1 Å². The van der Waals surface area contributed by atoms with Crippen LogP contribution in [0.15, 0.2) is 35.5 Å². The lowest BCUT2D eigenvalue weighted by molar-refractivity contribution is -0.128. The van der Waals surface area contributed by atoms with Gasteiger partial charge in [-0.3, -0.25) is 4.79 Å². The first-order valence-electron chi connectivity index (χ1n) is 10.0. The first-order valence-corrected chi connectivity index (χ1v) is 11.9. The number of nitriles is 1. The van der Waals surface area contributed by atoms with E-state index in [0.29, 0.717) is 18.5 Å². The van der Waals surface area contributed by atoms with Gasteiger partial charge in [0.2, 0.25) is 5.91 Å². The Balaban J connectivity index is 1.56. The lowest BCUT2D eigenvalue weighted by Gasteiger charge is -2.19. The molecule has 1 aromatic carbocycles. The molecule has 2 aliphatic carbocycles. The van der Waals surface area contributed by atoms with Gasteiger partial charge in [-0.25, -0.2) is 13.1 Å². The zero-order valence-corrected chi connectivity index (χ0v) is 18.8.